The SMILES string of the molecule is O=C(NCc1ccccc1)c1ccnc(C(=O)O)c1. The van der Waals surface area contributed by atoms with Crippen molar-refractivity contribution in [3.8, 4) is 0 Å². The molecule has 1 amide bonds. The molecule has 5 heteroatoms. The Bertz CT molecular complexity index is 597. The molecule has 0 spiro atoms. The highest BCUT2D eigenvalue weighted by Crippen LogP contribution is 2.03. The number of hydrogen-bond acceptors (Lipinski definition) is 3. The van der Waals surface area contributed by atoms with Gasteiger partial charge in [0.1, 0.15) is 5.69 Å². The van der Waals surface area contributed by atoms with Gasteiger partial charge in [-0.05, 0) is 17.7 Å². The Labute approximate surface area is 109 Å². The number of aromatic nitrogens is 1. The largest absolute Gasteiger partial charge is 0.477 e. The summed E-state index contributed by atoms with van der Waals surface area (Å²) in [6.07, 6.45) is 1.31. The van der Waals surface area contributed by atoms with Crippen LogP contribution in [0.3, 0.4) is 0 Å². The Balaban J connectivity index is 2.04. The van der Waals surface area contributed by atoms with Gasteiger partial charge in [0.05, 0.1) is 0 Å². The molecule has 1 aromatic heterocycles. The van der Waals surface area contributed by atoms with Crippen LogP contribution in [-0.4, -0.2) is 22.0 Å². The van der Waals surface area contributed by atoms with Crippen molar-refractivity contribution in [3.63, 3.8) is 0 Å². The van der Waals surface area contributed by atoms with Gasteiger partial charge in [0.2, 0.25) is 0 Å². The molecule has 2 rings (SSSR count). The van der Waals surface area contributed by atoms with Crippen molar-refractivity contribution in [2.75, 3.05) is 0 Å². The van der Waals surface area contributed by atoms with Crippen LogP contribution in [0.2, 0.25) is 0 Å². The third kappa shape index (κ3) is 3.38. The lowest BCUT2D eigenvalue weighted by Crippen LogP contribution is -2.23. The number of aromatic carboxylic acids is 1. The second kappa shape index (κ2) is 5.77. The molecule has 0 fully saturated rings. The normalized spacial score (nSPS) is 9.89. The van der Waals surface area contributed by atoms with Crippen LogP contribution in [0.4, 0.5) is 0 Å². The molecule has 0 saturated carbocycles. The molecule has 2 aromatic rings. The predicted octanol–water partition coefficient (Wildman–Crippen LogP) is 1.71. The first-order valence-electron chi connectivity index (χ1n) is 5.68. The maximum atomic E-state index is 11.9. The van der Waals surface area contributed by atoms with E-state index in [-0.39, 0.29) is 17.2 Å². The van der Waals surface area contributed by atoms with Gasteiger partial charge < -0.3 is 10.4 Å². The molecule has 1 aromatic carbocycles. The second-order valence-corrected chi connectivity index (χ2v) is 3.90. The summed E-state index contributed by atoms with van der Waals surface area (Å²) in [5, 5.41) is 11.5. The van der Waals surface area contributed by atoms with E-state index in [2.05, 4.69) is 10.3 Å². The molecule has 0 unspecified atom stereocenters. The molecular formula is C14H12N2O3. The summed E-state index contributed by atoms with van der Waals surface area (Å²) >= 11 is 0. The predicted molar refractivity (Wildman–Crippen MR) is 68.8 cm³/mol. The van der Waals surface area contributed by atoms with E-state index in [1.54, 1.807) is 0 Å². The number of nitrogens with zero attached hydrogens (tertiary/aromatic N) is 1. The molecule has 0 radical (unpaired) electrons. The average molecular weight is 256 g/mol. The molecule has 0 aliphatic carbocycles. The third-order valence-electron chi connectivity index (χ3n) is 2.54. The molecule has 0 atom stereocenters. The van der Waals surface area contributed by atoms with Crippen molar-refractivity contribution < 1.29 is 14.7 Å². The summed E-state index contributed by atoms with van der Waals surface area (Å²) in [6.45, 7) is 0.393. The Hall–Kier alpha value is -2.69. The Morgan fingerprint density at radius 3 is 2.58 bits per heavy atom. The van der Waals surface area contributed by atoms with Crippen LogP contribution in [-0.2, 0) is 6.54 Å². The van der Waals surface area contributed by atoms with Gasteiger partial charge in [0, 0.05) is 18.3 Å². The van der Waals surface area contributed by atoms with Crippen LogP contribution in [0, 0.1) is 0 Å². The Kier molecular flexibility index (Phi) is 3.87. The van der Waals surface area contributed by atoms with E-state index in [0.717, 1.165) is 5.56 Å². The molecular weight excluding hydrogens is 244 g/mol. The van der Waals surface area contributed by atoms with Crippen LogP contribution < -0.4 is 5.32 Å². The van der Waals surface area contributed by atoms with E-state index in [1.807, 2.05) is 30.3 Å². The van der Waals surface area contributed by atoms with E-state index >= 15 is 0 Å². The smallest absolute Gasteiger partial charge is 0.354 e. The fourth-order valence-electron chi connectivity index (χ4n) is 1.57. The van der Waals surface area contributed by atoms with Gasteiger partial charge in [-0.2, -0.15) is 0 Å². The highest BCUT2D eigenvalue weighted by molar-refractivity contribution is 5.96. The Morgan fingerprint density at radius 2 is 1.89 bits per heavy atom. The first-order chi connectivity index (χ1) is 9.16. The fraction of sp³-hybridized carbons (Fsp3) is 0.0714. The van der Waals surface area contributed by atoms with Crippen molar-refractivity contribution in [1.82, 2.24) is 10.3 Å². The van der Waals surface area contributed by atoms with E-state index in [0.29, 0.717) is 6.54 Å². The van der Waals surface area contributed by atoms with Crippen molar-refractivity contribution >= 4 is 11.9 Å². The summed E-state index contributed by atoms with van der Waals surface area (Å²) in [5.74, 6) is -1.48. The van der Waals surface area contributed by atoms with Gasteiger partial charge in [-0.15, -0.1) is 0 Å². The topological polar surface area (TPSA) is 79.3 Å². The zero-order valence-electron chi connectivity index (χ0n) is 10.0. The fourth-order valence-corrected chi connectivity index (χ4v) is 1.57. The number of carbonyl (C=O) groups is 2. The number of hydrogen-bond donors (Lipinski definition) is 2. The minimum absolute atomic E-state index is 0.146. The second-order valence-electron chi connectivity index (χ2n) is 3.90. The zero-order valence-corrected chi connectivity index (χ0v) is 10.0. The van der Waals surface area contributed by atoms with E-state index in [4.69, 9.17) is 5.11 Å². The molecule has 96 valence electrons. The summed E-state index contributed by atoms with van der Waals surface area (Å²) in [4.78, 5) is 26.3. The van der Waals surface area contributed by atoms with Crippen LogP contribution in [0.25, 0.3) is 0 Å². The van der Waals surface area contributed by atoms with Crippen LogP contribution in [0.1, 0.15) is 26.4 Å². The summed E-state index contributed by atoms with van der Waals surface area (Å²) < 4.78 is 0. The maximum Gasteiger partial charge on any atom is 0.354 e. The number of rotatable bonds is 4. The summed E-state index contributed by atoms with van der Waals surface area (Å²) in [5.41, 5.74) is 1.11. The van der Waals surface area contributed by atoms with Crippen LogP contribution in [0.5, 0.6) is 0 Å². The van der Waals surface area contributed by atoms with Gasteiger partial charge >= 0.3 is 5.97 Å². The number of carboxylic acids is 1. The highest BCUT2D eigenvalue weighted by Gasteiger charge is 2.10. The number of nitrogens with one attached hydrogen (secondary N) is 1. The summed E-state index contributed by atoms with van der Waals surface area (Å²) in [6, 6.07) is 12.2. The number of carboxylic acid groups (broad SMARTS) is 1. The lowest BCUT2D eigenvalue weighted by atomic mass is 10.2. The molecule has 19 heavy (non-hydrogen) atoms. The number of pyridine rings is 1. The molecule has 0 saturated heterocycles. The van der Waals surface area contributed by atoms with Gasteiger partial charge in [-0.25, -0.2) is 9.78 Å². The van der Waals surface area contributed by atoms with Crippen molar-refractivity contribution in [1.29, 1.82) is 0 Å². The molecule has 0 aliphatic heterocycles. The van der Waals surface area contributed by atoms with E-state index in [1.165, 1.54) is 18.3 Å². The first-order valence-corrected chi connectivity index (χ1v) is 5.68. The molecule has 0 bridgehead atoms. The molecule has 5 nitrogen and oxygen atoms in total. The quantitative estimate of drug-likeness (QED) is 0.872. The Morgan fingerprint density at radius 1 is 1.16 bits per heavy atom. The minimum Gasteiger partial charge on any atom is -0.477 e. The van der Waals surface area contributed by atoms with Crippen molar-refractivity contribution in [2.24, 2.45) is 0 Å². The lowest BCUT2D eigenvalue weighted by Gasteiger charge is -2.05. The molecule has 0 aliphatic rings. The van der Waals surface area contributed by atoms with E-state index < -0.39 is 5.97 Å². The molecule has 2 N–H and O–H groups in total. The minimum atomic E-state index is -1.15. The number of carbonyl (C=O) groups excluding carboxylic acids is 1. The third-order valence-corrected chi connectivity index (χ3v) is 2.54. The molecule has 1 heterocycles. The number of benzene rings is 1. The summed E-state index contributed by atoms with van der Waals surface area (Å²) in [7, 11) is 0. The number of amides is 1. The standard InChI is InChI=1S/C14H12N2O3/c17-13(16-9-10-4-2-1-3-5-10)11-6-7-15-12(8-11)14(18)19/h1-8H,9H2,(H,16,17)(H,18,19). The maximum absolute atomic E-state index is 11.9. The van der Waals surface area contributed by atoms with Crippen LogP contribution >= 0.6 is 0 Å². The van der Waals surface area contributed by atoms with Crippen molar-refractivity contribution in [2.45, 2.75) is 6.54 Å². The average Bonchev–Trinajstić information content (AvgIpc) is 2.46. The van der Waals surface area contributed by atoms with E-state index in [9.17, 15) is 9.59 Å². The van der Waals surface area contributed by atoms with Gasteiger partial charge in [0.25, 0.3) is 5.91 Å². The lowest BCUT2D eigenvalue weighted by molar-refractivity contribution is 0.0690. The monoisotopic (exact) mass is 256 g/mol. The zero-order chi connectivity index (χ0) is 13.7. The first kappa shape index (κ1) is 12.8. The highest BCUT2D eigenvalue weighted by atomic mass is 16.4. The van der Waals surface area contributed by atoms with Gasteiger partial charge in [0.15, 0.2) is 0 Å². The van der Waals surface area contributed by atoms with Crippen LogP contribution in [0.15, 0.2) is 48.7 Å². The van der Waals surface area contributed by atoms with Gasteiger partial charge in [-0.3, -0.25) is 4.79 Å². The van der Waals surface area contributed by atoms with Crippen molar-refractivity contribution in [3.05, 3.63) is 65.5 Å². The van der Waals surface area contributed by atoms with Gasteiger partial charge in [-0.1, -0.05) is 30.3 Å².